The highest BCUT2D eigenvalue weighted by Gasteiger charge is 2.12. The maximum absolute atomic E-state index is 12.2. The van der Waals surface area contributed by atoms with Crippen molar-refractivity contribution in [1.82, 2.24) is 5.43 Å². The first-order valence-electron chi connectivity index (χ1n) is 7.95. The van der Waals surface area contributed by atoms with Gasteiger partial charge in [-0.25, -0.2) is 5.43 Å². The van der Waals surface area contributed by atoms with Crippen LogP contribution in [0.3, 0.4) is 0 Å². The molecule has 3 rings (SSSR count). The normalized spacial score (nSPS) is 11.2. The van der Waals surface area contributed by atoms with Crippen molar-refractivity contribution in [3.05, 3.63) is 88.1 Å². The summed E-state index contributed by atoms with van der Waals surface area (Å²) in [4.78, 5) is 14.0. The van der Waals surface area contributed by atoms with Gasteiger partial charge in [0.25, 0.3) is 5.91 Å². The smallest absolute Gasteiger partial charge is 0.266 e. The third-order valence-electron chi connectivity index (χ3n) is 3.64. The first-order valence-corrected chi connectivity index (χ1v) is 8.76. The molecular formula is C21H18N2OS. The minimum Gasteiger partial charge on any atom is -0.266 e. The van der Waals surface area contributed by atoms with Crippen molar-refractivity contribution >= 4 is 29.5 Å². The second-order valence-electron chi connectivity index (χ2n) is 5.44. The molecule has 0 aliphatic carbocycles. The monoisotopic (exact) mass is 346 g/mol. The molecule has 0 bridgehead atoms. The lowest BCUT2D eigenvalue weighted by atomic mass is 10.1. The van der Waals surface area contributed by atoms with Crippen molar-refractivity contribution in [1.29, 1.82) is 0 Å². The molecule has 0 saturated heterocycles. The largest absolute Gasteiger partial charge is 0.281 e. The number of nitrogens with one attached hydrogen (secondary N) is 1. The van der Waals surface area contributed by atoms with Gasteiger partial charge in [0.15, 0.2) is 0 Å². The van der Waals surface area contributed by atoms with Crippen LogP contribution in [0.25, 0.3) is 17.2 Å². The Kier molecular flexibility index (Phi) is 5.54. The third-order valence-corrected chi connectivity index (χ3v) is 4.69. The fourth-order valence-electron chi connectivity index (χ4n) is 2.41. The third kappa shape index (κ3) is 4.52. The Bertz CT molecular complexity index is 896. The summed E-state index contributed by atoms with van der Waals surface area (Å²) in [5.41, 5.74) is 5.85. The van der Waals surface area contributed by atoms with E-state index in [0.717, 1.165) is 21.6 Å². The molecule has 0 atom stereocenters. The zero-order valence-corrected chi connectivity index (χ0v) is 14.7. The maximum atomic E-state index is 12.2. The summed E-state index contributed by atoms with van der Waals surface area (Å²) in [5, 5.41) is 3.97. The second-order valence-corrected chi connectivity index (χ2v) is 6.69. The number of hydrogen-bond donors (Lipinski definition) is 1. The Morgan fingerprint density at radius 2 is 1.72 bits per heavy atom. The Balaban J connectivity index is 1.62. The van der Waals surface area contributed by atoms with Crippen LogP contribution < -0.4 is 5.43 Å². The summed E-state index contributed by atoms with van der Waals surface area (Å²) >= 11 is 1.47. The molecule has 0 aliphatic rings. The predicted molar refractivity (Wildman–Crippen MR) is 106 cm³/mol. The summed E-state index contributed by atoms with van der Waals surface area (Å²) in [6.45, 7) is 2.02. The van der Waals surface area contributed by atoms with E-state index in [1.54, 1.807) is 12.3 Å². The highest BCUT2D eigenvalue weighted by Crippen LogP contribution is 2.30. The standard InChI is InChI=1S/C21H18N2OS/c1-16-19(18-12-6-3-7-13-18)15-20(25-16)21(24)23-22-14-8-11-17-9-4-2-5-10-17/h2-15H,1H3,(H,23,24)/b11-8+,22-14?. The number of benzene rings is 2. The predicted octanol–water partition coefficient (Wildman–Crippen LogP) is 5.15. The Morgan fingerprint density at radius 1 is 1.04 bits per heavy atom. The number of hydrazone groups is 1. The van der Waals surface area contributed by atoms with Gasteiger partial charge < -0.3 is 0 Å². The minimum atomic E-state index is -0.195. The van der Waals surface area contributed by atoms with Crippen LogP contribution in [0.15, 0.2) is 77.9 Å². The van der Waals surface area contributed by atoms with Gasteiger partial charge in [-0.3, -0.25) is 4.79 Å². The highest BCUT2D eigenvalue weighted by molar-refractivity contribution is 7.14. The lowest BCUT2D eigenvalue weighted by Crippen LogP contribution is -2.15. The number of hydrogen-bond acceptors (Lipinski definition) is 3. The van der Waals surface area contributed by atoms with E-state index in [9.17, 15) is 4.79 Å². The number of allylic oxidation sites excluding steroid dienone is 1. The molecule has 0 fully saturated rings. The number of carbonyl (C=O) groups is 1. The lowest BCUT2D eigenvalue weighted by molar-refractivity contribution is 0.0959. The zero-order chi connectivity index (χ0) is 17.5. The van der Waals surface area contributed by atoms with E-state index in [1.807, 2.05) is 79.7 Å². The van der Waals surface area contributed by atoms with Crippen molar-refractivity contribution < 1.29 is 4.79 Å². The van der Waals surface area contributed by atoms with Gasteiger partial charge in [0, 0.05) is 11.1 Å². The molecule has 0 aliphatic heterocycles. The molecule has 124 valence electrons. The van der Waals surface area contributed by atoms with Gasteiger partial charge in [-0.05, 0) is 35.8 Å². The zero-order valence-electron chi connectivity index (χ0n) is 13.8. The van der Waals surface area contributed by atoms with Crippen molar-refractivity contribution in [3.8, 4) is 11.1 Å². The summed E-state index contributed by atoms with van der Waals surface area (Å²) in [6.07, 6.45) is 5.30. The minimum absolute atomic E-state index is 0.195. The number of thiophene rings is 1. The van der Waals surface area contributed by atoms with Crippen LogP contribution in [0, 0.1) is 6.92 Å². The molecule has 25 heavy (non-hydrogen) atoms. The molecule has 1 heterocycles. The van der Waals surface area contributed by atoms with E-state index in [0.29, 0.717) is 4.88 Å². The van der Waals surface area contributed by atoms with E-state index in [2.05, 4.69) is 10.5 Å². The second kappa shape index (κ2) is 8.22. The SMILES string of the molecule is Cc1sc(C(=O)NN=C/C=C/c2ccccc2)cc1-c1ccccc1. The van der Waals surface area contributed by atoms with Crippen LogP contribution in [0.5, 0.6) is 0 Å². The molecule has 0 radical (unpaired) electrons. The van der Waals surface area contributed by atoms with Gasteiger partial charge in [0.2, 0.25) is 0 Å². The Hall–Kier alpha value is -2.98. The van der Waals surface area contributed by atoms with Crippen LogP contribution in [-0.4, -0.2) is 12.1 Å². The molecule has 0 spiro atoms. The topological polar surface area (TPSA) is 41.5 Å². The van der Waals surface area contributed by atoms with E-state index in [4.69, 9.17) is 0 Å². The molecular weight excluding hydrogens is 328 g/mol. The summed E-state index contributed by atoms with van der Waals surface area (Å²) in [5.74, 6) is -0.195. The number of carbonyl (C=O) groups excluding carboxylic acids is 1. The fourth-order valence-corrected chi connectivity index (χ4v) is 3.34. The molecule has 3 nitrogen and oxygen atoms in total. The maximum Gasteiger partial charge on any atom is 0.281 e. The van der Waals surface area contributed by atoms with Crippen LogP contribution >= 0.6 is 11.3 Å². The number of nitrogens with zero attached hydrogens (tertiary/aromatic N) is 1. The van der Waals surface area contributed by atoms with Gasteiger partial charge in [-0.1, -0.05) is 66.7 Å². The average molecular weight is 346 g/mol. The number of rotatable bonds is 5. The van der Waals surface area contributed by atoms with Gasteiger partial charge in [0.1, 0.15) is 0 Å². The van der Waals surface area contributed by atoms with Crippen molar-refractivity contribution in [3.63, 3.8) is 0 Å². The Labute approximate surface area is 151 Å². The van der Waals surface area contributed by atoms with Crippen molar-refractivity contribution in [2.24, 2.45) is 5.10 Å². The van der Waals surface area contributed by atoms with Gasteiger partial charge in [-0.2, -0.15) is 5.10 Å². The van der Waals surface area contributed by atoms with E-state index >= 15 is 0 Å². The molecule has 1 aromatic heterocycles. The quantitative estimate of drug-likeness (QED) is 0.503. The number of aryl methyl sites for hydroxylation is 1. The summed E-state index contributed by atoms with van der Waals surface area (Å²) in [7, 11) is 0. The van der Waals surface area contributed by atoms with E-state index < -0.39 is 0 Å². The van der Waals surface area contributed by atoms with E-state index in [-0.39, 0.29) is 5.91 Å². The Morgan fingerprint density at radius 3 is 2.44 bits per heavy atom. The summed E-state index contributed by atoms with van der Waals surface area (Å²) in [6, 6.07) is 21.9. The van der Waals surface area contributed by atoms with E-state index in [1.165, 1.54) is 11.3 Å². The highest BCUT2D eigenvalue weighted by atomic mass is 32.1. The van der Waals surface area contributed by atoms with Gasteiger partial charge in [0.05, 0.1) is 4.88 Å². The van der Waals surface area contributed by atoms with Crippen molar-refractivity contribution in [2.75, 3.05) is 0 Å². The van der Waals surface area contributed by atoms with Gasteiger partial charge in [-0.15, -0.1) is 11.3 Å². The molecule has 1 N–H and O–H groups in total. The van der Waals surface area contributed by atoms with Crippen LogP contribution in [0.1, 0.15) is 20.1 Å². The first kappa shape index (κ1) is 16.9. The molecule has 0 saturated carbocycles. The lowest BCUT2D eigenvalue weighted by Gasteiger charge is -1.98. The molecule has 2 aromatic carbocycles. The summed E-state index contributed by atoms with van der Waals surface area (Å²) < 4.78 is 0. The molecule has 1 amide bonds. The average Bonchev–Trinajstić information content (AvgIpc) is 3.05. The van der Waals surface area contributed by atoms with Crippen LogP contribution in [-0.2, 0) is 0 Å². The first-order chi connectivity index (χ1) is 12.2. The van der Waals surface area contributed by atoms with Crippen LogP contribution in [0.4, 0.5) is 0 Å². The van der Waals surface area contributed by atoms with Crippen LogP contribution in [0.2, 0.25) is 0 Å². The molecule has 0 unspecified atom stereocenters. The molecule has 4 heteroatoms. The molecule has 3 aromatic rings. The van der Waals surface area contributed by atoms with Crippen molar-refractivity contribution in [2.45, 2.75) is 6.92 Å². The number of amides is 1. The van der Waals surface area contributed by atoms with Gasteiger partial charge >= 0.3 is 0 Å². The fraction of sp³-hybridized carbons (Fsp3) is 0.0476.